The molecule has 0 aliphatic carbocycles. The Bertz CT molecular complexity index is 1050. The monoisotopic (exact) mass is 451 g/mol. The molecular formula is C28H34ClNO2. The number of rotatable bonds is 9. The summed E-state index contributed by atoms with van der Waals surface area (Å²) >= 11 is 0. The van der Waals surface area contributed by atoms with Crippen molar-refractivity contribution in [2.24, 2.45) is 5.92 Å². The molecule has 0 saturated carbocycles. The average molecular weight is 452 g/mol. The Hall–Kier alpha value is -2.62. The molecule has 0 bridgehead atoms. The van der Waals surface area contributed by atoms with Gasteiger partial charge in [0, 0.05) is 16.9 Å². The maximum absolute atomic E-state index is 13.0. The number of ether oxygens (including phenoxy) is 1. The van der Waals surface area contributed by atoms with Crippen molar-refractivity contribution in [3.63, 3.8) is 0 Å². The largest absolute Gasteiger partial charge is 1.00 e. The maximum atomic E-state index is 13.0. The molecule has 0 spiro atoms. The molecule has 3 aromatic rings. The van der Waals surface area contributed by atoms with Gasteiger partial charge in [-0.1, -0.05) is 75.4 Å². The highest BCUT2D eigenvalue weighted by atomic mass is 35.5. The van der Waals surface area contributed by atoms with Crippen molar-refractivity contribution in [2.75, 3.05) is 27.2 Å². The number of carbonyl (C=O) groups is 1. The highest BCUT2D eigenvalue weighted by Crippen LogP contribution is 2.29. The first-order valence-corrected chi connectivity index (χ1v) is 11.1. The van der Waals surface area contributed by atoms with Crippen LogP contribution in [0.2, 0.25) is 0 Å². The van der Waals surface area contributed by atoms with E-state index >= 15 is 0 Å². The predicted molar refractivity (Wildman–Crippen MR) is 130 cm³/mol. The van der Waals surface area contributed by atoms with Gasteiger partial charge in [0.1, 0.15) is 5.75 Å². The van der Waals surface area contributed by atoms with Gasteiger partial charge in [-0.3, -0.25) is 4.79 Å². The van der Waals surface area contributed by atoms with E-state index in [2.05, 4.69) is 59.1 Å². The van der Waals surface area contributed by atoms with Gasteiger partial charge in [0.25, 0.3) is 0 Å². The summed E-state index contributed by atoms with van der Waals surface area (Å²) in [5, 5.41) is 1.91. The molecule has 1 atom stereocenters. The third-order valence-corrected chi connectivity index (χ3v) is 5.46. The summed E-state index contributed by atoms with van der Waals surface area (Å²) < 4.78 is 6.13. The fourth-order valence-electron chi connectivity index (χ4n) is 3.85. The standard InChI is InChI=1S/C28H33NO2.ClH/c1-20(2)23-13-10-22(11-14-23)12-16-27(30)25-15-17-28(26-9-7-6-8-24(25)26)31-19-21(3)18-29(4)5;/h6-17,20-21H,18-19H2,1-5H3;1H/b16-12+;. The van der Waals surface area contributed by atoms with Crippen LogP contribution < -0.4 is 22.0 Å². The second kappa shape index (κ2) is 11.8. The topological polar surface area (TPSA) is 30.7 Å². The van der Waals surface area contributed by atoms with Crippen LogP contribution in [0.4, 0.5) is 0 Å². The number of ketones is 1. The van der Waals surface area contributed by atoms with Crippen molar-refractivity contribution >= 4 is 22.6 Å². The van der Waals surface area contributed by atoms with Crippen LogP contribution in [0.5, 0.6) is 5.75 Å². The van der Waals surface area contributed by atoms with Crippen LogP contribution in [-0.2, 0) is 0 Å². The van der Waals surface area contributed by atoms with Crippen molar-refractivity contribution in [1.82, 2.24) is 0 Å². The summed E-state index contributed by atoms with van der Waals surface area (Å²) in [6.07, 6.45) is 3.55. The third-order valence-electron chi connectivity index (χ3n) is 5.46. The molecule has 32 heavy (non-hydrogen) atoms. The molecule has 3 aromatic carbocycles. The number of hydrogen-bond donors (Lipinski definition) is 1. The fraction of sp³-hybridized carbons (Fsp3) is 0.321. The van der Waals surface area contributed by atoms with E-state index in [1.54, 1.807) is 6.08 Å². The molecular weight excluding hydrogens is 418 g/mol. The Morgan fingerprint density at radius 1 is 0.938 bits per heavy atom. The number of benzene rings is 3. The molecule has 3 nitrogen and oxygen atoms in total. The molecule has 0 aromatic heterocycles. The van der Waals surface area contributed by atoms with Gasteiger partial charge in [-0.15, -0.1) is 0 Å². The van der Waals surface area contributed by atoms with Crippen molar-refractivity contribution < 1.29 is 26.8 Å². The fourth-order valence-corrected chi connectivity index (χ4v) is 3.85. The number of fused-ring (bicyclic) bond motifs is 1. The molecule has 0 radical (unpaired) electrons. The quantitative estimate of drug-likeness (QED) is 0.398. The van der Waals surface area contributed by atoms with Crippen LogP contribution in [0.25, 0.3) is 16.8 Å². The van der Waals surface area contributed by atoms with Gasteiger partial charge >= 0.3 is 0 Å². The van der Waals surface area contributed by atoms with Gasteiger partial charge in [-0.25, -0.2) is 0 Å². The van der Waals surface area contributed by atoms with E-state index in [1.165, 1.54) is 10.5 Å². The van der Waals surface area contributed by atoms with Crippen LogP contribution in [0.3, 0.4) is 0 Å². The molecule has 0 heterocycles. The number of allylic oxidation sites excluding steroid dienone is 1. The molecule has 1 unspecified atom stereocenters. The minimum atomic E-state index is 0. The molecule has 4 heteroatoms. The summed E-state index contributed by atoms with van der Waals surface area (Å²) in [4.78, 5) is 14.4. The van der Waals surface area contributed by atoms with Crippen LogP contribution in [0.1, 0.15) is 48.2 Å². The first-order valence-electron chi connectivity index (χ1n) is 11.1. The smallest absolute Gasteiger partial charge is 0.186 e. The lowest BCUT2D eigenvalue weighted by atomic mass is 9.99. The van der Waals surface area contributed by atoms with E-state index in [1.807, 2.05) is 42.5 Å². The van der Waals surface area contributed by atoms with Gasteiger partial charge < -0.3 is 22.0 Å². The second-order valence-corrected chi connectivity index (χ2v) is 9.00. The summed E-state index contributed by atoms with van der Waals surface area (Å²) in [7, 11) is 4.30. The molecule has 0 amide bonds. The van der Waals surface area contributed by atoms with Crippen LogP contribution in [0.15, 0.2) is 66.7 Å². The van der Waals surface area contributed by atoms with Gasteiger partial charge in [0.05, 0.1) is 27.2 Å². The number of carbonyl (C=O) groups excluding carboxylic acids is 1. The molecule has 0 aliphatic rings. The van der Waals surface area contributed by atoms with Gasteiger partial charge in [-0.2, -0.15) is 0 Å². The first-order chi connectivity index (χ1) is 14.8. The normalized spacial score (nSPS) is 12.3. The van der Waals surface area contributed by atoms with Crippen molar-refractivity contribution in [3.05, 3.63) is 83.4 Å². The molecule has 0 saturated heterocycles. The summed E-state index contributed by atoms with van der Waals surface area (Å²) in [5.74, 6) is 1.79. The maximum Gasteiger partial charge on any atom is 0.186 e. The zero-order valence-electron chi connectivity index (χ0n) is 19.7. The Labute approximate surface area is 198 Å². The zero-order valence-corrected chi connectivity index (χ0v) is 20.4. The Morgan fingerprint density at radius 3 is 2.22 bits per heavy atom. The lowest BCUT2D eigenvalue weighted by molar-refractivity contribution is -0.861. The number of halogens is 1. The predicted octanol–water partition coefficient (Wildman–Crippen LogP) is 2.02. The van der Waals surface area contributed by atoms with E-state index in [9.17, 15) is 4.79 Å². The highest BCUT2D eigenvalue weighted by Gasteiger charge is 2.13. The summed E-state index contributed by atoms with van der Waals surface area (Å²) in [6, 6.07) is 20.1. The number of nitrogens with one attached hydrogen (secondary N) is 1. The van der Waals surface area contributed by atoms with Crippen LogP contribution in [-0.4, -0.2) is 33.0 Å². The zero-order chi connectivity index (χ0) is 22.4. The summed E-state index contributed by atoms with van der Waals surface area (Å²) in [5.41, 5.74) is 3.02. The van der Waals surface area contributed by atoms with Crippen LogP contribution >= 0.6 is 0 Å². The second-order valence-electron chi connectivity index (χ2n) is 9.00. The van der Waals surface area contributed by atoms with Crippen molar-refractivity contribution in [2.45, 2.75) is 26.7 Å². The highest BCUT2D eigenvalue weighted by molar-refractivity contribution is 6.15. The molecule has 1 N–H and O–H groups in total. The Balaban J connectivity index is 0.00000363. The van der Waals surface area contributed by atoms with Crippen LogP contribution in [0, 0.1) is 5.92 Å². The SMILES string of the molecule is CC(COc1ccc(C(=O)/C=C/c2ccc(C(C)C)cc2)c2ccccc12)C[NH+](C)C.[Cl-]. The van der Waals surface area contributed by atoms with Crippen molar-refractivity contribution in [3.8, 4) is 5.75 Å². The first kappa shape index (κ1) is 25.6. The average Bonchev–Trinajstić information content (AvgIpc) is 2.75. The number of quaternary nitrogens is 1. The van der Waals surface area contributed by atoms with E-state index < -0.39 is 0 Å². The van der Waals surface area contributed by atoms with Gasteiger partial charge in [0.2, 0.25) is 0 Å². The molecule has 170 valence electrons. The van der Waals surface area contributed by atoms with Gasteiger partial charge in [-0.05, 0) is 40.6 Å². The van der Waals surface area contributed by atoms with E-state index in [0.717, 1.165) is 28.6 Å². The molecule has 0 fully saturated rings. The van der Waals surface area contributed by atoms with Gasteiger partial charge in [0.15, 0.2) is 5.78 Å². The van der Waals surface area contributed by atoms with Crippen molar-refractivity contribution in [1.29, 1.82) is 0 Å². The van der Waals surface area contributed by atoms with E-state index in [4.69, 9.17) is 4.74 Å². The molecule has 3 rings (SSSR count). The Kier molecular flexibility index (Phi) is 9.49. The minimum absolute atomic E-state index is 0. The summed E-state index contributed by atoms with van der Waals surface area (Å²) in [6.45, 7) is 8.27. The minimum Gasteiger partial charge on any atom is -1.00 e. The van der Waals surface area contributed by atoms with E-state index in [0.29, 0.717) is 24.0 Å². The third kappa shape index (κ3) is 6.69. The lowest BCUT2D eigenvalue weighted by Gasteiger charge is -2.17. The Morgan fingerprint density at radius 2 is 1.59 bits per heavy atom. The van der Waals surface area contributed by atoms with E-state index in [-0.39, 0.29) is 18.2 Å². The molecule has 0 aliphatic heterocycles. The lowest BCUT2D eigenvalue weighted by Crippen LogP contribution is -3.06. The number of hydrogen-bond acceptors (Lipinski definition) is 2.